The summed E-state index contributed by atoms with van der Waals surface area (Å²) in [5.41, 5.74) is 2.13. The van der Waals surface area contributed by atoms with E-state index in [0.29, 0.717) is 0 Å². The van der Waals surface area contributed by atoms with Gasteiger partial charge in [0.1, 0.15) is 0 Å². The van der Waals surface area contributed by atoms with Crippen LogP contribution in [0.15, 0.2) is 60.7 Å². The molecule has 0 heterocycles. The van der Waals surface area contributed by atoms with Crippen LogP contribution < -0.4 is 5.32 Å². The van der Waals surface area contributed by atoms with E-state index in [2.05, 4.69) is 24.4 Å². The van der Waals surface area contributed by atoms with Crippen molar-refractivity contribution in [3.05, 3.63) is 71.8 Å². The molecule has 3 N–H and O–H groups in total. The number of rotatable bonds is 8. The maximum absolute atomic E-state index is 10.4. The van der Waals surface area contributed by atoms with Crippen LogP contribution in [0.25, 0.3) is 0 Å². The molecule has 3 heteroatoms. The first-order valence-electron chi connectivity index (χ1n) is 7.84. The van der Waals surface area contributed by atoms with Crippen molar-refractivity contribution in [1.29, 1.82) is 0 Å². The Hall–Kier alpha value is -1.68. The monoisotopic (exact) mass is 299 g/mol. The highest BCUT2D eigenvalue weighted by atomic mass is 16.3. The molecule has 3 atom stereocenters. The Morgan fingerprint density at radius 1 is 0.955 bits per heavy atom. The van der Waals surface area contributed by atoms with Gasteiger partial charge in [-0.15, -0.1) is 0 Å². The molecular weight excluding hydrogens is 274 g/mol. The van der Waals surface area contributed by atoms with Crippen molar-refractivity contribution in [1.82, 2.24) is 5.32 Å². The molecule has 0 bridgehead atoms. The Bertz CT molecular complexity index is 530. The summed E-state index contributed by atoms with van der Waals surface area (Å²) in [4.78, 5) is 0. The Morgan fingerprint density at radius 3 is 2.14 bits per heavy atom. The lowest BCUT2D eigenvalue weighted by Gasteiger charge is -2.26. The van der Waals surface area contributed by atoms with Crippen LogP contribution in [-0.4, -0.2) is 28.9 Å². The third kappa shape index (κ3) is 4.95. The van der Waals surface area contributed by atoms with E-state index < -0.39 is 6.10 Å². The quantitative estimate of drug-likeness (QED) is 0.702. The lowest BCUT2D eigenvalue weighted by molar-refractivity contribution is 0.0838. The number of hydrogen-bond donors (Lipinski definition) is 3. The van der Waals surface area contributed by atoms with Crippen molar-refractivity contribution in [3.63, 3.8) is 0 Å². The SMILES string of the molecule is CC(CCc1ccccc1)NC(CO)C(O)c1ccccc1. The Kier molecular flexibility index (Phi) is 6.59. The number of aryl methyl sites for hydroxylation is 1. The normalized spacial score (nSPS) is 15.2. The van der Waals surface area contributed by atoms with Gasteiger partial charge in [-0.1, -0.05) is 60.7 Å². The fourth-order valence-corrected chi connectivity index (χ4v) is 2.60. The molecule has 0 aromatic heterocycles. The van der Waals surface area contributed by atoms with E-state index in [0.717, 1.165) is 18.4 Å². The first kappa shape index (κ1) is 16.7. The standard InChI is InChI=1S/C19H25NO2/c1-15(12-13-16-8-4-2-5-9-16)20-18(14-21)19(22)17-10-6-3-7-11-17/h2-11,15,18-22H,12-14H2,1H3. The maximum atomic E-state index is 10.4. The average Bonchev–Trinajstić information content (AvgIpc) is 2.59. The van der Waals surface area contributed by atoms with Gasteiger partial charge in [-0.2, -0.15) is 0 Å². The molecule has 2 rings (SSSR count). The number of hydrogen-bond acceptors (Lipinski definition) is 3. The summed E-state index contributed by atoms with van der Waals surface area (Å²) in [6, 6.07) is 19.7. The van der Waals surface area contributed by atoms with E-state index in [-0.39, 0.29) is 18.7 Å². The van der Waals surface area contributed by atoms with E-state index in [9.17, 15) is 10.2 Å². The molecule has 0 fully saturated rings. The molecule has 0 spiro atoms. The molecule has 3 nitrogen and oxygen atoms in total. The molecule has 0 saturated carbocycles. The summed E-state index contributed by atoms with van der Waals surface area (Å²) < 4.78 is 0. The Labute approximate surface area is 132 Å². The smallest absolute Gasteiger partial charge is 0.0965 e. The Balaban J connectivity index is 1.86. The summed E-state index contributed by atoms with van der Waals surface area (Å²) in [6.45, 7) is 2.00. The molecule has 0 amide bonds. The highest BCUT2D eigenvalue weighted by Gasteiger charge is 2.21. The van der Waals surface area contributed by atoms with Crippen LogP contribution in [0, 0.1) is 0 Å². The van der Waals surface area contributed by atoms with Crippen LogP contribution in [-0.2, 0) is 6.42 Å². The summed E-state index contributed by atoms with van der Waals surface area (Å²) in [5, 5.41) is 23.3. The molecule has 2 aromatic rings. The molecule has 0 saturated heterocycles. The molecule has 2 aromatic carbocycles. The van der Waals surface area contributed by atoms with Crippen LogP contribution in [0.1, 0.15) is 30.6 Å². The third-order valence-electron chi connectivity index (χ3n) is 3.93. The highest BCUT2D eigenvalue weighted by Crippen LogP contribution is 2.17. The molecule has 0 radical (unpaired) electrons. The highest BCUT2D eigenvalue weighted by molar-refractivity contribution is 5.19. The lowest BCUT2D eigenvalue weighted by Crippen LogP contribution is -2.43. The fourth-order valence-electron chi connectivity index (χ4n) is 2.60. The summed E-state index contributed by atoms with van der Waals surface area (Å²) in [5.74, 6) is 0. The Morgan fingerprint density at radius 2 is 1.55 bits per heavy atom. The van der Waals surface area contributed by atoms with E-state index >= 15 is 0 Å². The number of benzene rings is 2. The van der Waals surface area contributed by atoms with Crippen molar-refractivity contribution in [2.75, 3.05) is 6.61 Å². The molecule has 0 aliphatic rings. The van der Waals surface area contributed by atoms with Crippen molar-refractivity contribution in [2.24, 2.45) is 0 Å². The average molecular weight is 299 g/mol. The van der Waals surface area contributed by atoms with Crippen molar-refractivity contribution in [3.8, 4) is 0 Å². The molecule has 0 aliphatic heterocycles. The van der Waals surface area contributed by atoms with Crippen LogP contribution in [0.4, 0.5) is 0 Å². The summed E-state index contributed by atoms with van der Waals surface area (Å²) in [6.07, 6.45) is 1.24. The summed E-state index contributed by atoms with van der Waals surface area (Å²) >= 11 is 0. The predicted molar refractivity (Wildman–Crippen MR) is 89.6 cm³/mol. The van der Waals surface area contributed by atoms with Crippen molar-refractivity contribution >= 4 is 0 Å². The second kappa shape index (κ2) is 8.69. The van der Waals surface area contributed by atoms with Gasteiger partial charge in [0.15, 0.2) is 0 Å². The number of nitrogens with one attached hydrogen (secondary N) is 1. The predicted octanol–water partition coefficient (Wildman–Crippen LogP) is 2.69. The molecule has 0 aliphatic carbocycles. The molecule has 22 heavy (non-hydrogen) atoms. The minimum absolute atomic E-state index is 0.0915. The van der Waals surface area contributed by atoms with Crippen molar-refractivity contribution < 1.29 is 10.2 Å². The molecule has 3 unspecified atom stereocenters. The first-order chi connectivity index (χ1) is 10.7. The zero-order chi connectivity index (χ0) is 15.8. The van der Waals surface area contributed by atoms with Gasteiger partial charge in [0, 0.05) is 6.04 Å². The van der Waals surface area contributed by atoms with Gasteiger partial charge in [-0.05, 0) is 30.9 Å². The van der Waals surface area contributed by atoms with Gasteiger partial charge in [0.05, 0.1) is 18.8 Å². The second-order valence-electron chi connectivity index (χ2n) is 5.74. The van der Waals surface area contributed by atoms with E-state index in [1.807, 2.05) is 48.5 Å². The van der Waals surface area contributed by atoms with E-state index in [1.54, 1.807) is 0 Å². The number of aliphatic hydroxyl groups is 2. The zero-order valence-electron chi connectivity index (χ0n) is 13.0. The molecule has 118 valence electrons. The van der Waals surface area contributed by atoms with Gasteiger partial charge >= 0.3 is 0 Å². The minimum atomic E-state index is -0.703. The number of aliphatic hydroxyl groups excluding tert-OH is 2. The van der Waals surface area contributed by atoms with Gasteiger partial charge < -0.3 is 15.5 Å². The van der Waals surface area contributed by atoms with Gasteiger partial charge in [0.25, 0.3) is 0 Å². The fraction of sp³-hybridized carbons (Fsp3) is 0.368. The zero-order valence-corrected chi connectivity index (χ0v) is 13.0. The second-order valence-corrected chi connectivity index (χ2v) is 5.74. The first-order valence-corrected chi connectivity index (χ1v) is 7.84. The van der Waals surface area contributed by atoms with Gasteiger partial charge in [-0.3, -0.25) is 0 Å². The van der Waals surface area contributed by atoms with Gasteiger partial charge in [0.2, 0.25) is 0 Å². The lowest BCUT2D eigenvalue weighted by atomic mass is 10.0. The molecular formula is C19H25NO2. The van der Waals surface area contributed by atoms with Crippen LogP contribution in [0.5, 0.6) is 0 Å². The minimum Gasteiger partial charge on any atom is -0.395 e. The van der Waals surface area contributed by atoms with Crippen LogP contribution >= 0.6 is 0 Å². The topological polar surface area (TPSA) is 52.5 Å². The van der Waals surface area contributed by atoms with Gasteiger partial charge in [-0.25, -0.2) is 0 Å². The third-order valence-corrected chi connectivity index (χ3v) is 3.93. The van der Waals surface area contributed by atoms with E-state index in [4.69, 9.17) is 0 Å². The van der Waals surface area contributed by atoms with Crippen molar-refractivity contribution in [2.45, 2.75) is 38.0 Å². The van der Waals surface area contributed by atoms with Crippen LogP contribution in [0.2, 0.25) is 0 Å². The summed E-state index contributed by atoms with van der Waals surface area (Å²) in [7, 11) is 0. The maximum Gasteiger partial charge on any atom is 0.0965 e. The van der Waals surface area contributed by atoms with Crippen LogP contribution in [0.3, 0.4) is 0 Å². The van der Waals surface area contributed by atoms with E-state index in [1.165, 1.54) is 5.56 Å². The largest absolute Gasteiger partial charge is 0.395 e.